The van der Waals surface area contributed by atoms with Gasteiger partial charge >= 0.3 is 6.18 Å². The van der Waals surface area contributed by atoms with Crippen LogP contribution in [-0.4, -0.2) is 61.4 Å². The number of sulfonamides is 1. The zero-order valence-electron chi connectivity index (χ0n) is 17.6. The van der Waals surface area contributed by atoms with Crippen molar-refractivity contribution in [2.45, 2.75) is 24.7 Å². The van der Waals surface area contributed by atoms with E-state index in [-0.39, 0.29) is 30.5 Å². The summed E-state index contributed by atoms with van der Waals surface area (Å²) in [5.41, 5.74) is 7.24. The van der Waals surface area contributed by atoms with Gasteiger partial charge in [-0.15, -0.1) is 5.92 Å². The number of hydrazine groups is 1. The largest absolute Gasteiger partial charge is 0.423 e. The number of hydrogen-bond acceptors (Lipinski definition) is 8. The third-order valence-electron chi connectivity index (χ3n) is 5.39. The van der Waals surface area contributed by atoms with E-state index in [1.807, 2.05) is 0 Å². The number of hydrogen-bond donors (Lipinski definition) is 5. The predicted molar refractivity (Wildman–Crippen MR) is 115 cm³/mol. The van der Waals surface area contributed by atoms with Crippen molar-refractivity contribution in [2.24, 2.45) is 5.73 Å². The van der Waals surface area contributed by atoms with Crippen molar-refractivity contribution in [1.29, 1.82) is 0 Å². The van der Waals surface area contributed by atoms with Crippen LogP contribution in [-0.2, 0) is 15.6 Å². The number of benzene rings is 1. The number of aliphatic hydroxyl groups is 2. The zero-order chi connectivity index (χ0) is 24.4. The number of halogens is 3. The fourth-order valence-electron chi connectivity index (χ4n) is 3.52. The minimum absolute atomic E-state index is 0.0201. The van der Waals surface area contributed by atoms with Crippen LogP contribution in [0.15, 0.2) is 47.3 Å². The van der Waals surface area contributed by atoms with Crippen LogP contribution in [0.1, 0.15) is 12.5 Å². The molecule has 1 aromatic rings. The quantitative estimate of drug-likeness (QED) is 0.368. The minimum Gasteiger partial charge on any atom is -0.393 e. The molecule has 0 bridgehead atoms. The molecule has 0 spiro atoms. The van der Waals surface area contributed by atoms with Crippen LogP contribution in [0.4, 0.5) is 18.9 Å². The van der Waals surface area contributed by atoms with Gasteiger partial charge in [0.15, 0.2) is 5.03 Å². The SMILES string of the molecule is CC#C[C@H]1CN(S(=O)(=O)C2=CC=C(N)NN2)CCN1c1ccc([C@@](O)(CO)C(F)(F)F)cc1. The lowest BCUT2D eigenvalue weighted by Crippen LogP contribution is -2.56. The maximum absolute atomic E-state index is 13.2. The number of alkyl halides is 3. The second-order valence-electron chi connectivity index (χ2n) is 7.43. The third-order valence-corrected chi connectivity index (χ3v) is 7.20. The van der Waals surface area contributed by atoms with E-state index in [0.29, 0.717) is 5.69 Å². The summed E-state index contributed by atoms with van der Waals surface area (Å²) in [5.74, 6) is 5.95. The monoisotopic (exact) mass is 487 g/mol. The molecule has 1 aromatic carbocycles. The molecule has 0 radical (unpaired) electrons. The topological polar surface area (TPSA) is 131 Å². The standard InChI is InChI=1S/C20H24F3N5O4S/c1-2-3-16-12-27(33(31,32)18-9-8-17(24)25-26-18)10-11-28(16)15-6-4-14(5-7-15)19(30,13-29)20(21,22)23/h4-9,16,25-26,29-30H,10-13,24H2,1H3/t16-,19-/m0/s1. The molecule has 13 heteroatoms. The Bertz CT molecular complexity index is 1110. The van der Waals surface area contributed by atoms with Crippen LogP contribution in [0.25, 0.3) is 0 Å². The number of nitrogens with zero attached hydrogens (tertiary/aromatic N) is 2. The molecular formula is C20H24F3N5O4S. The summed E-state index contributed by atoms with van der Waals surface area (Å²) in [6.07, 6.45) is -2.30. The number of aliphatic hydroxyl groups excluding tert-OH is 1. The van der Waals surface area contributed by atoms with Gasteiger partial charge in [-0.2, -0.15) is 17.5 Å². The third kappa shape index (κ3) is 4.74. The molecule has 2 atom stereocenters. The van der Waals surface area contributed by atoms with E-state index >= 15 is 0 Å². The van der Waals surface area contributed by atoms with Crippen LogP contribution in [0.3, 0.4) is 0 Å². The molecule has 6 N–H and O–H groups in total. The zero-order valence-corrected chi connectivity index (χ0v) is 18.4. The van der Waals surface area contributed by atoms with Gasteiger partial charge in [-0.25, -0.2) is 8.42 Å². The molecule has 0 aliphatic carbocycles. The number of anilines is 1. The molecule has 1 fully saturated rings. The molecule has 3 rings (SSSR count). The Hall–Kier alpha value is -2.92. The molecule has 2 aliphatic heterocycles. The van der Waals surface area contributed by atoms with Gasteiger partial charge < -0.3 is 20.8 Å². The van der Waals surface area contributed by atoms with E-state index in [1.165, 1.54) is 28.6 Å². The van der Waals surface area contributed by atoms with Crippen LogP contribution in [0.5, 0.6) is 0 Å². The van der Waals surface area contributed by atoms with Crippen molar-refractivity contribution >= 4 is 15.7 Å². The first-order valence-electron chi connectivity index (χ1n) is 9.83. The molecule has 0 saturated carbocycles. The molecule has 33 heavy (non-hydrogen) atoms. The van der Waals surface area contributed by atoms with Crippen molar-refractivity contribution in [1.82, 2.24) is 15.2 Å². The van der Waals surface area contributed by atoms with Gasteiger partial charge in [0.1, 0.15) is 11.9 Å². The van der Waals surface area contributed by atoms with Crippen LogP contribution in [0.2, 0.25) is 0 Å². The lowest BCUT2D eigenvalue weighted by molar-refractivity contribution is -0.277. The van der Waals surface area contributed by atoms with Crippen molar-refractivity contribution in [3.05, 3.63) is 52.8 Å². The maximum atomic E-state index is 13.2. The molecular weight excluding hydrogens is 463 g/mol. The lowest BCUT2D eigenvalue weighted by Gasteiger charge is -2.40. The van der Waals surface area contributed by atoms with Gasteiger partial charge in [0.2, 0.25) is 5.60 Å². The summed E-state index contributed by atoms with van der Waals surface area (Å²) >= 11 is 0. The minimum atomic E-state index is -5.06. The highest BCUT2D eigenvalue weighted by atomic mass is 32.2. The molecule has 1 saturated heterocycles. The Kier molecular flexibility index (Phi) is 6.85. The lowest BCUT2D eigenvalue weighted by atomic mass is 9.93. The first kappa shape index (κ1) is 24.7. The van der Waals surface area contributed by atoms with Crippen LogP contribution in [0, 0.1) is 11.8 Å². The summed E-state index contributed by atoms with van der Waals surface area (Å²) in [6, 6.07) is 4.34. The Balaban J connectivity index is 1.84. The van der Waals surface area contributed by atoms with Crippen molar-refractivity contribution in [3.8, 4) is 11.8 Å². The Morgan fingerprint density at radius 3 is 2.36 bits per heavy atom. The highest BCUT2D eigenvalue weighted by Gasteiger charge is 2.54. The van der Waals surface area contributed by atoms with E-state index < -0.39 is 40.0 Å². The Morgan fingerprint density at radius 2 is 1.85 bits per heavy atom. The Morgan fingerprint density at radius 1 is 1.18 bits per heavy atom. The van der Waals surface area contributed by atoms with Gasteiger partial charge in [0.05, 0.1) is 6.61 Å². The molecule has 180 valence electrons. The number of piperazine rings is 1. The van der Waals surface area contributed by atoms with Gasteiger partial charge in [-0.05, 0) is 36.8 Å². The highest BCUT2D eigenvalue weighted by molar-refractivity contribution is 7.92. The average molecular weight is 488 g/mol. The summed E-state index contributed by atoms with van der Waals surface area (Å²) in [6.45, 7) is 0.428. The number of nitrogens with one attached hydrogen (secondary N) is 2. The average Bonchev–Trinajstić information content (AvgIpc) is 2.78. The predicted octanol–water partition coefficient (Wildman–Crippen LogP) is 0.0218. The summed E-state index contributed by atoms with van der Waals surface area (Å²) in [7, 11) is -3.87. The van der Waals surface area contributed by atoms with E-state index in [2.05, 4.69) is 22.7 Å². The Labute approximate surface area is 189 Å². The fourth-order valence-corrected chi connectivity index (χ4v) is 4.88. The van der Waals surface area contributed by atoms with Crippen molar-refractivity contribution in [3.63, 3.8) is 0 Å². The summed E-state index contributed by atoms with van der Waals surface area (Å²) in [4.78, 5) is 1.77. The van der Waals surface area contributed by atoms with E-state index in [1.54, 1.807) is 11.8 Å². The first-order valence-corrected chi connectivity index (χ1v) is 11.3. The van der Waals surface area contributed by atoms with E-state index in [0.717, 1.165) is 12.1 Å². The van der Waals surface area contributed by atoms with Gasteiger partial charge in [0.25, 0.3) is 10.0 Å². The van der Waals surface area contributed by atoms with Gasteiger partial charge in [-0.3, -0.25) is 10.9 Å². The maximum Gasteiger partial charge on any atom is 0.423 e. The molecule has 9 nitrogen and oxygen atoms in total. The van der Waals surface area contributed by atoms with Crippen molar-refractivity contribution < 1.29 is 31.8 Å². The molecule has 2 aliphatic rings. The molecule has 0 unspecified atom stereocenters. The molecule has 0 amide bonds. The van der Waals surface area contributed by atoms with Crippen molar-refractivity contribution in [2.75, 3.05) is 31.1 Å². The summed E-state index contributed by atoms with van der Waals surface area (Å²) < 4.78 is 66.9. The van der Waals surface area contributed by atoms with E-state index in [4.69, 9.17) is 10.8 Å². The molecule has 2 heterocycles. The number of nitrogens with two attached hydrogens (primary N) is 1. The second-order valence-corrected chi connectivity index (χ2v) is 9.34. The van der Waals surface area contributed by atoms with Crippen LogP contribution < -0.4 is 21.5 Å². The normalized spacial score (nSPS) is 21.5. The first-order chi connectivity index (χ1) is 15.4. The number of allylic oxidation sites excluding steroid dienone is 2. The van der Waals surface area contributed by atoms with E-state index in [9.17, 15) is 26.7 Å². The highest BCUT2D eigenvalue weighted by Crippen LogP contribution is 2.39. The van der Waals surface area contributed by atoms with Gasteiger partial charge in [-0.1, -0.05) is 18.1 Å². The molecule has 0 aromatic heterocycles. The van der Waals surface area contributed by atoms with Crippen LogP contribution >= 0.6 is 0 Å². The summed E-state index contributed by atoms with van der Waals surface area (Å²) in [5, 5.41) is 19.0. The van der Waals surface area contributed by atoms with Gasteiger partial charge in [0, 0.05) is 25.3 Å². The second kappa shape index (κ2) is 9.14. The number of rotatable bonds is 5. The fraction of sp³-hybridized carbons (Fsp3) is 0.400. The smallest absolute Gasteiger partial charge is 0.393 e.